The van der Waals surface area contributed by atoms with Gasteiger partial charge in [0.25, 0.3) is 0 Å². The molecule has 0 bridgehead atoms. The fourth-order valence-corrected chi connectivity index (χ4v) is 2.25. The van der Waals surface area contributed by atoms with Crippen LogP contribution >= 0.6 is 0 Å². The van der Waals surface area contributed by atoms with Crippen molar-refractivity contribution in [3.8, 4) is 0 Å². The van der Waals surface area contributed by atoms with Crippen LogP contribution in [0.3, 0.4) is 0 Å². The molecule has 0 radical (unpaired) electrons. The van der Waals surface area contributed by atoms with E-state index in [9.17, 15) is 0 Å². The van der Waals surface area contributed by atoms with Crippen LogP contribution in [0.15, 0.2) is 28.7 Å². The van der Waals surface area contributed by atoms with E-state index >= 15 is 0 Å². The second-order valence-corrected chi connectivity index (χ2v) is 6.62. The van der Waals surface area contributed by atoms with E-state index in [4.69, 9.17) is 9.15 Å². The highest BCUT2D eigenvalue weighted by atomic mass is 16.5. The van der Waals surface area contributed by atoms with E-state index in [1.54, 1.807) is 0 Å². The van der Waals surface area contributed by atoms with E-state index < -0.39 is 0 Å². The number of aryl methyl sites for hydroxylation is 1. The van der Waals surface area contributed by atoms with Crippen LogP contribution in [0.4, 0.5) is 0 Å². The second-order valence-electron chi connectivity index (χ2n) is 6.62. The van der Waals surface area contributed by atoms with Crippen molar-refractivity contribution in [3.63, 3.8) is 0 Å². The summed E-state index contributed by atoms with van der Waals surface area (Å²) in [5, 5.41) is 4.67. The van der Waals surface area contributed by atoms with Crippen LogP contribution in [0.25, 0.3) is 11.0 Å². The van der Waals surface area contributed by atoms with Gasteiger partial charge >= 0.3 is 0 Å². The van der Waals surface area contributed by atoms with E-state index in [1.165, 1.54) is 5.56 Å². The fourth-order valence-electron chi connectivity index (χ4n) is 2.25. The molecule has 0 aliphatic heterocycles. The molecule has 21 heavy (non-hydrogen) atoms. The zero-order valence-corrected chi connectivity index (χ0v) is 13.8. The van der Waals surface area contributed by atoms with Gasteiger partial charge in [0.1, 0.15) is 11.3 Å². The molecule has 0 saturated carbocycles. The quantitative estimate of drug-likeness (QED) is 0.844. The first-order chi connectivity index (χ1) is 9.89. The first-order valence-corrected chi connectivity index (χ1v) is 7.76. The van der Waals surface area contributed by atoms with Gasteiger partial charge in [0.2, 0.25) is 0 Å². The highest BCUT2D eigenvalue weighted by Gasteiger charge is 2.19. The van der Waals surface area contributed by atoms with E-state index in [0.29, 0.717) is 6.61 Å². The van der Waals surface area contributed by atoms with E-state index in [1.807, 2.05) is 6.07 Å². The van der Waals surface area contributed by atoms with Gasteiger partial charge in [-0.2, -0.15) is 0 Å². The second kappa shape index (κ2) is 6.63. The molecular weight excluding hydrogens is 262 g/mol. The molecule has 0 aliphatic rings. The molecule has 0 amide bonds. The minimum Gasteiger partial charge on any atom is -0.459 e. The maximum atomic E-state index is 6.00. The van der Waals surface area contributed by atoms with E-state index in [0.717, 1.165) is 29.7 Å². The van der Waals surface area contributed by atoms with Crippen LogP contribution in [0.1, 0.15) is 51.5 Å². The maximum absolute atomic E-state index is 6.00. The molecule has 116 valence electrons. The van der Waals surface area contributed by atoms with Crippen molar-refractivity contribution < 1.29 is 9.15 Å². The SMILES string of the molecule is CCCNC(COC(C)(C)C)c1cc2cc(C)ccc2o1. The number of rotatable bonds is 6. The molecule has 1 unspecified atom stereocenters. The Hall–Kier alpha value is -1.32. The van der Waals surface area contributed by atoms with Crippen molar-refractivity contribution in [2.75, 3.05) is 13.2 Å². The molecule has 1 aromatic carbocycles. The first kappa shape index (κ1) is 16.1. The van der Waals surface area contributed by atoms with E-state index in [-0.39, 0.29) is 11.6 Å². The Morgan fingerprint density at radius 3 is 2.67 bits per heavy atom. The monoisotopic (exact) mass is 289 g/mol. The average molecular weight is 289 g/mol. The molecule has 2 rings (SSSR count). The Bertz CT molecular complexity index is 580. The number of fused-ring (bicyclic) bond motifs is 1. The van der Waals surface area contributed by atoms with Gasteiger partial charge in [-0.25, -0.2) is 0 Å². The topological polar surface area (TPSA) is 34.4 Å². The summed E-state index contributed by atoms with van der Waals surface area (Å²) in [6.45, 7) is 12.1. The highest BCUT2D eigenvalue weighted by Crippen LogP contribution is 2.26. The predicted molar refractivity (Wildman–Crippen MR) is 87.7 cm³/mol. The lowest BCUT2D eigenvalue weighted by Gasteiger charge is -2.24. The van der Waals surface area contributed by atoms with Crippen LogP contribution in [-0.4, -0.2) is 18.8 Å². The Morgan fingerprint density at radius 2 is 2.00 bits per heavy atom. The third kappa shape index (κ3) is 4.58. The number of ether oxygens (including phenoxy) is 1. The highest BCUT2D eigenvalue weighted by molar-refractivity contribution is 5.78. The summed E-state index contributed by atoms with van der Waals surface area (Å²) < 4.78 is 11.9. The van der Waals surface area contributed by atoms with Gasteiger partial charge in [-0.05, 0) is 58.9 Å². The summed E-state index contributed by atoms with van der Waals surface area (Å²) >= 11 is 0. The van der Waals surface area contributed by atoms with Gasteiger partial charge in [0.15, 0.2) is 0 Å². The zero-order valence-electron chi connectivity index (χ0n) is 13.8. The molecule has 2 aromatic rings. The number of furan rings is 1. The van der Waals surface area contributed by atoms with Gasteiger partial charge < -0.3 is 14.5 Å². The summed E-state index contributed by atoms with van der Waals surface area (Å²) in [4.78, 5) is 0. The minimum absolute atomic E-state index is 0.0943. The molecule has 3 heteroatoms. The van der Waals surface area contributed by atoms with Crippen molar-refractivity contribution in [2.24, 2.45) is 0 Å². The Balaban J connectivity index is 2.20. The smallest absolute Gasteiger partial charge is 0.134 e. The molecule has 0 spiro atoms. The van der Waals surface area contributed by atoms with Gasteiger partial charge in [0, 0.05) is 5.39 Å². The van der Waals surface area contributed by atoms with Crippen molar-refractivity contribution >= 4 is 11.0 Å². The molecule has 1 heterocycles. The number of hydrogen-bond donors (Lipinski definition) is 1. The molecule has 1 atom stereocenters. The standard InChI is InChI=1S/C18H27NO2/c1-6-9-19-15(12-20-18(3,4)5)17-11-14-10-13(2)7-8-16(14)21-17/h7-8,10-11,15,19H,6,9,12H2,1-5H3. The third-order valence-electron chi connectivity index (χ3n) is 3.36. The maximum Gasteiger partial charge on any atom is 0.134 e. The Labute approximate surface area is 127 Å². The van der Waals surface area contributed by atoms with Crippen molar-refractivity contribution in [1.29, 1.82) is 0 Å². The van der Waals surface area contributed by atoms with Gasteiger partial charge in [-0.15, -0.1) is 0 Å². The van der Waals surface area contributed by atoms with Crippen LogP contribution < -0.4 is 5.32 Å². The van der Waals surface area contributed by atoms with Crippen molar-refractivity contribution in [1.82, 2.24) is 5.32 Å². The summed E-state index contributed by atoms with van der Waals surface area (Å²) in [5.74, 6) is 0.952. The molecule has 0 fully saturated rings. The number of benzene rings is 1. The summed E-state index contributed by atoms with van der Waals surface area (Å²) in [6, 6.07) is 8.49. The number of nitrogens with one attached hydrogen (secondary N) is 1. The largest absolute Gasteiger partial charge is 0.459 e. The lowest BCUT2D eigenvalue weighted by atomic mass is 10.1. The zero-order chi connectivity index (χ0) is 15.5. The lowest BCUT2D eigenvalue weighted by molar-refractivity contribution is -0.0170. The molecule has 0 saturated heterocycles. The van der Waals surface area contributed by atoms with Crippen LogP contribution in [0, 0.1) is 6.92 Å². The third-order valence-corrected chi connectivity index (χ3v) is 3.36. The Morgan fingerprint density at radius 1 is 1.24 bits per heavy atom. The summed E-state index contributed by atoms with van der Waals surface area (Å²) in [6.07, 6.45) is 1.09. The van der Waals surface area contributed by atoms with Crippen molar-refractivity contribution in [3.05, 3.63) is 35.6 Å². The van der Waals surface area contributed by atoms with Gasteiger partial charge in [-0.3, -0.25) is 0 Å². The van der Waals surface area contributed by atoms with Gasteiger partial charge in [0.05, 0.1) is 18.2 Å². The van der Waals surface area contributed by atoms with E-state index in [2.05, 4.69) is 58.1 Å². The Kier molecular flexibility index (Phi) is 5.07. The van der Waals surface area contributed by atoms with Gasteiger partial charge in [-0.1, -0.05) is 18.6 Å². The van der Waals surface area contributed by atoms with Crippen LogP contribution in [0.2, 0.25) is 0 Å². The molecule has 1 N–H and O–H groups in total. The summed E-state index contributed by atoms with van der Waals surface area (Å²) in [5.41, 5.74) is 2.04. The minimum atomic E-state index is -0.144. The number of hydrogen-bond acceptors (Lipinski definition) is 3. The van der Waals surface area contributed by atoms with Crippen LogP contribution in [0.5, 0.6) is 0 Å². The molecule has 3 nitrogen and oxygen atoms in total. The predicted octanol–water partition coefficient (Wildman–Crippen LogP) is 4.60. The molecule has 0 aliphatic carbocycles. The molecule has 1 aromatic heterocycles. The molecular formula is C18H27NO2. The lowest BCUT2D eigenvalue weighted by Crippen LogP contribution is -2.30. The van der Waals surface area contributed by atoms with Crippen LogP contribution in [-0.2, 0) is 4.74 Å². The first-order valence-electron chi connectivity index (χ1n) is 7.76. The normalized spacial score (nSPS) is 13.8. The summed E-state index contributed by atoms with van der Waals surface area (Å²) in [7, 11) is 0. The fraction of sp³-hybridized carbons (Fsp3) is 0.556. The average Bonchev–Trinajstić information content (AvgIpc) is 2.80. The van der Waals surface area contributed by atoms with Crippen molar-refractivity contribution in [2.45, 2.75) is 52.7 Å².